The highest BCUT2D eigenvalue weighted by molar-refractivity contribution is 5.94. The molecule has 1 heterocycles. The molecular formula is C13H18N4O. The summed E-state index contributed by atoms with van der Waals surface area (Å²) < 4.78 is 1.75. The first-order chi connectivity index (χ1) is 8.45. The molecule has 0 radical (unpaired) electrons. The summed E-state index contributed by atoms with van der Waals surface area (Å²) in [4.78, 5) is 16.6. The summed E-state index contributed by atoms with van der Waals surface area (Å²) in [5.41, 5.74) is -1.31. The molecule has 0 bridgehead atoms. The monoisotopic (exact) mass is 246 g/mol. The lowest BCUT2D eigenvalue weighted by molar-refractivity contribution is -0.130. The van der Waals surface area contributed by atoms with Crippen molar-refractivity contribution in [2.24, 2.45) is 10.8 Å². The van der Waals surface area contributed by atoms with Crippen molar-refractivity contribution in [1.29, 1.82) is 5.26 Å². The topological polar surface area (TPSA) is 71.6 Å². The first-order valence-electron chi connectivity index (χ1n) is 6.28. The SMILES string of the molecule is CCn1ncnc1CC1(C#N)CCC(C)(C)C1=O. The van der Waals surface area contributed by atoms with Crippen LogP contribution in [0.25, 0.3) is 0 Å². The normalized spacial score (nSPS) is 26.2. The third-order valence-electron chi connectivity index (χ3n) is 3.90. The van der Waals surface area contributed by atoms with Gasteiger partial charge in [-0.15, -0.1) is 0 Å². The summed E-state index contributed by atoms with van der Waals surface area (Å²) in [5, 5.41) is 13.5. The number of hydrogen-bond acceptors (Lipinski definition) is 4. The number of carbonyl (C=O) groups is 1. The highest BCUT2D eigenvalue weighted by atomic mass is 16.1. The van der Waals surface area contributed by atoms with Gasteiger partial charge >= 0.3 is 0 Å². The Labute approximate surface area is 107 Å². The van der Waals surface area contributed by atoms with Crippen LogP contribution in [-0.2, 0) is 17.8 Å². The molecule has 1 fully saturated rings. The van der Waals surface area contributed by atoms with Gasteiger partial charge in [-0.25, -0.2) is 4.98 Å². The van der Waals surface area contributed by atoms with Crippen LogP contribution in [0.4, 0.5) is 0 Å². The van der Waals surface area contributed by atoms with Crippen LogP contribution in [0.1, 0.15) is 39.4 Å². The maximum Gasteiger partial charge on any atom is 0.159 e. The minimum Gasteiger partial charge on any atom is -0.297 e. The van der Waals surface area contributed by atoms with Gasteiger partial charge in [0, 0.05) is 18.4 Å². The molecule has 1 aromatic heterocycles. The van der Waals surface area contributed by atoms with Crippen LogP contribution < -0.4 is 0 Å². The first-order valence-corrected chi connectivity index (χ1v) is 6.28. The molecule has 0 aliphatic heterocycles. The fourth-order valence-electron chi connectivity index (χ4n) is 2.67. The Hall–Kier alpha value is -1.70. The zero-order valence-corrected chi connectivity index (χ0v) is 11.1. The predicted octanol–water partition coefficient (Wildman–Crippen LogP) is 1.74. The van der Waals surface area contributed by atoms with E-state index in [4.69, 9.17) is 0 Å². The van der Waals surface area contributed by atoms with E-state index < -0.39 is 10.8 Å². The van der Waals surface area contributed by atoms with E-state index in [1.54, 1.807) is 4.68 Å². The number of hydrogen-bond donors (Lipinski definition) is 0. The molecule has 0 N–H and O–H groups in total. The Morgan fingerprint density at radius 2 is 2.22 bits per heavy atom. The van der Waals surface area contributed by atoms with Gasteiger partial charge in [-0.1, -0.05) is 13.8 Å². The van der Waals surface area contributed by atoms with E-state index in [2.05, 4.69) is 16.2 Å². The molecule has 1 unspecified atom stereocenters. The summed E-state index contributed by atoms with van der Waals surface area (Å²) in [5.74, 6) is 0.772. The summed E-state index contributed by atoms with van der Waals surface area (Å²) in [6.07, 6.45) is 3.24. The third kappa shape index (κ3) is 1.82. The van der Waals surface area contributed by atoms with Crippen molar-refractivity contribution in [2.75, 3.05) is 0 Å². The predicted molar refractivity (Wildman–Crippen MR) is 65.5 cm³/mol. The second-order valence-electron chi connectivity index (χ2n) is 5.58. The molecule has 5 heteroatoms. The summed E-state index contributed by atoms with van der Waals surface area (Å²) in [7, 11) is 0. The Morgan fingerprint density at radius 3 is 2.72 bits per heavy atom. The van der Waals surface area contributed by atoms with E-state index in [1.807, 2.05) is 20.8 Å². The second kappa shape index (κ2) is 4.20. The molecular weight excluding hydrogens is 228 g/mol. The van der Waals surface area contributed by atoms with Crippen LogP contribution in [0, 0.1) is 22.2 Å². The number of nitrogens with zero attached hydrogens (tertiary/aromatic N) is 4. The minimum atomic E-state index is -0.913. The molecule has 0 aromatic carbocycles. The van der Waals surface area contributed by atoms with E-state index in [-0.39, 0.29) is 5.78 Å². The largest absolute Gasteiger partial charge is 0.297 e. The number of ketones is 1. The number of carbonyl (C=O) groups excluding carboxylic acids is 1. The zero-order valence-electron chi connectivity index (χ0n) is 11.1. The van der Waals surface area contributed by atoms with Crippen molar-refractivity contribution in [1.82, 2.24) is 14.8 Å². The van der Waals surface area contributed by atoms with Crippen LogP contribution >= 0.6 is 0 Å². The van der Waals surface area contributed by atoms with Crippen molar-refractivity contribution in [2.45, 2.75) is 46.6 Å². The van der Waals surface area contributed by atoms with E-state index in [9.17, 15) is 10.1 Å². The fraction of sp³-hybridized carbons (Fsp3) is 0.692. The van der Waals surface area contributed by atoms with Crippen LogP contribution in [0.2, 0.25) is 0 Å². The fourth-order valence-corrected chi connectivity index (χ4v) is 2.67. The van der Waals surface area contributed by atoms with E-state index in [1.165, 1.54) is 6.33 Å². The maximum atomic E-state index is 12.4. The molecule has 1 saturated carbocycles. The summed E-state index contributed by atoms with van der Waals surface area (Å²) in [6, 6.07) is 2.24. The lowest BCUT2D eigenvalue weighted by atomic mass is 9.78. The average Bonchev–Trinajstić information content (AvgIpc) is 2.88. The summed E-state index contributed by atoms with van der Waals surface area (Å²) >= 11 is 0. The third-order valence-corrected chi connectivity index (χ3v) is 3.90. The Morgan fingerprint density at radius 1 is 1.50 bits per heavy atom. The van der Waals surface area contributed by atoms with Gasteiger partial charge in [-0.05, 0) is 19.8 Å². The Balaban J connectivity index is 2.32. The molecule has 2 rings (SSSR count). The molecule has 5 nitrogen and oxygen atoms in total. The van der Waals surface area contributed by atoms with Gasteiger partial charge in [0.2, 0.25) is 0 Å². The van der Waals surface area contributed by atoms with Gasteiger partial charge < -0.3 is 0 Å². The molecule has 1 aliphatic carbocycles. The van der Waals surface area contributed by atoms with E-state index >= 15 is 0 Å². The number of aryl methyl sites for hydroxylation is 1. The first kappa shape index (κ1) is 12.7. The van der Waals surface area contributed by atoms with Crippen LogP contribution in [-0.4, -0.2) is 20.5 Å². The van der Waals surface area contributed by atoms with Crippen molar-refractivity contribution in [3.8, 4) is 6.07 Å². The molecule has 0 amide bonds. The van der Waals surface area contributed by atoms with Gasteiger partial charge in [0.15, 0.2) is 5.78 Å². The molecule has 96 valence electrons. The standard InChI is InChI=1S/C13H18N4O/c1-4-17-10(15-9-16-17)7-13(8-14)6-5-12(2,3)11(13)18/h9H,4-7H2,1-3H3. The van der Waals surface area contributed by atoms with Crippen LogP contribution in [0.15, 0.2) is 6.33 Å². The van der Waals surface area contributed by atoms with Crippen molar-refractivity contribution < 1.29 is 4.79 Å². The van der Waals surface area contributed by atoms with Gasteiger partial charge in [-0.3, -0.25) is 9.48 Å². The van der Waals surface area contributed by atoms with Crippen molar-refractivity contribution in [3.05, 3.63) is 12.2 Å². The molecule has 0 saturated heterocycles. The zero-order chi connectivity index (χ0) is 13.4. The van der Waals surface area contributed by atoms with Crippen LogP contribution in [0.3, 0.4) is 0 Å². The molecule has 0 spiro atoms. The lowest BCUT2D eigenvalue weighted by Gasteiger charge is -2.21. The highest BCUT2D eigenvalue weighted by Crippen LogP contribution is 2.46. The number of rotatable bonds is 3. The van der Waals surface area contributed by atoms with Gasteiger partial charge in [0.05, 0.1) is 6.07 Å². The number of aromatic nitrogens is 3. The van der Waals surface area contributed by atoms with Gasteiger partial charge in [0.1, 0.15) is 17.6 Å². The highest BCUT2D eigenvalue weighted by Gasteiger charge is 2.52. The number of nitriles is 1. The van der Waals surface area contributed by atoms with Gasteiger partial charge in [0.25, 0.3) is 0 Å². The van der Waals surface area contributed by atoms with Crippen molar-refractivity contribution >= 4 is 5.78 Å². The van der Waals surface area contributed by atoms with Crippen molar-refractivity contribution in [3.63, 3.8) is 0 Å². The molecule has 18 heavy (non-hydrogen) atoms. The molecule has 1 atom stereocenters. The van der Waals surface area contributed by atoms with Gasteiger partial charge in [-0.2, -0.15) is 10.4 Å². The van der Waals surface area contributed by atoms with E-state index in [0.717, 1.165) is 12.2 Å². The molecule has 1 aliphatic rings. The molecule has 1 aromatic rings. The smallest absolute Gasteiger partial charge is 0.159 e. The van der Waals surface area contributed by atoms with E-state index in [0.29, 0.717) is 19.4 Å². The quantitative estimate of drug-likeness (QED) is 0.814. The minimum absolute atomic E-state index is 0.0446. The lowest BCUT2D eigenvalue weighted by Crippen LogP contribution is -2.34. The Bertz CT molecular complexity index is 511. The average molecular weight is 246 g/mol. The van der Waals surface area contributed by atoms with Crippen LogP contribution in [0.5, 0.6) is 0 Å². The maximum absolute atomic E-state index is 12.4. The number of Topliss-reactive ketones (excluding diaryl/α,β-unsaturated/α-hetero) is 1. The second-order valence-corrected chi connectivity index (χ2v) is 5.58. The Kier molecular flexibility index (Phi) is 2.97. The summed E-state index contributed by atoms with van der Waals surface area (Å²) in [6.45, 7) is 6.50.